The van der Waals surface area contributed by atoms with Gasteiger partial charge in [-0.1, -0.05) is 75.6 Å². The zero-order valence-electron chi connectivity index (χ0n) is 28.1. The van der Waals surface area contributed by atoms with E-state index in [2.05, 4.69) is 41.8 Å². The van der Waals surface area contributed by atoms with E-state index < -0.39 is 11.8 Å². The Morgan fingerprint density at radius 1 is 0.783 bits per heavy atom. The van der Waals surface area contributed by atoms with Gasteiger partial charge in [0.15, 0.2) is 0 Å². The molecule has 1 unspecified atom stereocenters. The number of nitrogens with zero attached hydrogens (tertiary/aromatic N) is 1. The first-order valence-corrected chi connectivity index (χ1v) is 17.5. The van der Waals surface area contributed by atoms with Crippen molar-refractivity contribution in [1.29, 1.82) is 0 Å². The number of carbonyl (C=O) groups excluding carboxylic acids is 4. The Morgan fingerprint density at radius 3 is 2.15 bits per heavy atom. The van der Waals surface area contributed by atoms with Gasteiger partial charge in [-0.3, -0.25) is 19.2 Å². The fourth-order valence-electron chi connectivity index (χ4n) is 5.98. The van der Waals surface area contributed by atoms with E-state index in [0.717, 1.165) is 57.2 Å². The molecule has 0 spiro atoms. The summed E-state index contributed by atoms with van der Waals surface area (Å²) in [6.45, 7) is 6.10. The second-order valence-electron chi connectivity index (χ2n) is 12.6. The summed E-state index contributed by atoms with van der Waals surface area (Å²) >= 11 is 0. The van der Waals surface area contributed by atoms with Crippen LogP contribution in [0.25, 0.3) is 0 Å². The van der Waals surface area contributed by atoms with Gasteiger partial charge in [-0.2, -0.15) is 0 Å². The largest absolute Gasteiger partial charge is 0.465 e. The molecule has 1 aliphatic heterocycles. The summed E-state index contributed by atoms with van der Waals surface area (Å²) in [6, 6.07) is 17.6. The number of aryl methyl sites for hydroxylation is 2. The highest BCUT2D eigenvalue weighted by Gasteiger charge is 2.29. The van der Waals surface area contributed by atoms with E-state index in [-0.39, 0.29) is 30.2 Å². The first kappa shape index (κ1) is 36.8. The van der Waals surface area contributed by atoms with Gasteiger partial charge in [0.25, 0.3) is 0 Å². The molecule has 252 valence electrons. The van der Waals surface area contributed by atoms with Crippen molar-refractivity contribution in [3.63, 3.8) is 0 Å². The van der Waals surface area contributed by atoms with Gasteiger partial charge in [-0.25, -0.2) is 0 Å². The van der Waals surface area contributed by atoms with Crippen LogP contribution in [0.15, 0.2) is 54.6 Å². The number of unbranched alkanes of at least 4 members (excludes halogenated alkanes) is 2. The van der Waals surface area contributed by atoms with Gasteiger partial charge in [0.2, 0.25) is 17.7 Å². The molecule has 1 heterocycles. The number of piperidine rings is 1. The van der Waals surface area contributed by atoms with Gasteiger partial charge in [0.05, 0.1) is 19.1 Å². The van der Waals surface area contributed by atoms with Crippen molar-refractivity contribution < 1.29 is 23.9 Å². The fourth-order valence-corrected chi connectivity index (χ4v) is 5.98. The Labute approximate surface area is 276 Å². The molecule has 8 heteroatoms. The van der Waals surface area contributed by atoms with Gasteiger partial charge in [-0.05, 0) is 87.5 Å². The predicted octanol–water partition coefficient (Wildman–Crippen LogP) is 6.87. The zero-order valence-corrected chi connectivity index (χ0v) is 28.1. The summed E-state index contributed by atoms with van der Waals surface area (Å²) in [5.74, 6) is -1.56. The minimum Gasteiger partial charge on any atom is -0.465 e. The maximum atomic E-state index is 13.6. The highest BCUT2D eigenvalue weighted by Crippen LogP contribution is 2.25. The molecule has 3 rings (SSSR count). The predicted molar refractivity (Wildman–Crippen MR) is 183 cm³/mol. The molecule has 3 amide bonds. The highest BCUT2D eigenvalue weighted by molar-refractivity contribution is 5.94. The van der Waals surface area contributed by atoms with Crippen molar-refractivity contribution in [2.24, 2.45) is 11.8 Å². The van der Waals surface area contributed by atoms with E-state index in [0.29, 0.717) is 57.2 Å². The van der Waals surface area contributed by atoms with Crippen molar-refractivity contribution >= 4 is 29.4 Å². The molecule has 2 N–H and O–H groups in total. The highest BCUT2D eigenvalue weighted by atomic mass is 16.5. The maximum Gasteiger partial charge on any atom is 0.308 e. The van der Waals surface area contributed by atoms with Gasteiger partial charge in [0, 0.05) is 31.1 Å². The Bertz CT molecular complexity index is 1190. The van der Waals surface area contributed by atoms with Crippen LogP contribution in [0.1, 0.15) is 102 Å². The molecule has 2 atom stereocenters. The van der Waals surface area contributed by atoms with Crippen molar-refractivity contribution in [1.82, 2.24) is 10.2 Å². The number of para-hydroxylation sites is 1. The molecule has 1 aliphatic rings. The Kier molecular flexibility index (Phi) is 16.9. The van der Waals surface area contributed by atoms with E-state index >= 15 is 0 Å². The van der Waals surface area contributed by atoms with Crippen LogP contribution in [0.4, 0.5) is 5.69 Å². The average Bonchev–Trinajstić information content (AvgIpc) is 3.08. The third-order valence-electron chi connectivity index (χ3n) is 8.74. The molecular formula is C38H55N3O5. The number of rotatable bonds is 20. The molecule has 0 bridgehead atoms. The molecule has 0 aliphatic carbocycles. The number of anilines is 1. The molecule has 1 fully saturated rings. The summed E-state index contributed by atoms with van der Waals surface area (Å²) in [5.41, 5.74) is 3.09. The number of hydrogen-bond donors (Lipinski definition) is 2. The smallest absolute Gasteiger partial charge is 0.308 e. The minimum atomic E-state index is -0.474. The first-order chi connectivity index (χ1) is 22.4. The summed E-state index contributed by atoms with van der Waals surface area (Å²) < 4.78 is 5.65. The van der Waals surface area contributed by atoms with Crippen LogP contribution in [0.5, 0.6) is 0 Å². The van der Waals surface area contributed by atoms with Gasteiger partial charge >= 0.3 is 5.97 Å². The molecule has 1 saturated heterocycles. The van der Waals surface area contributed by atoms with Crippen LogP contribution in [-0.2, 0) is 36.8 Å². The molecule has 0 saturated carbocycles. The summed E-state index contributed by atoms with van der Waals surface area (Å²) in [4.78, 5) is 54.1. The topological polar surface area (TPSA) is 105 Å². The lowest BCUT2D eigenvalue weighted by Crippen LogP contribution is -2.38. The van der Waals surface area contributed by atoms with E-state index in [1.807, 2.05) is 30.0 Å². The summed E-state index contributed by atoms with van der Waals surface area (Å²) in [6.07, 6.45) is 11.2. The lowest BCUT2D eigenvalue weighted by atomic mass is 9.86. The number of benzene rings is 2. The lowest BCUT2D eigenvalue weighted by molar-refractivity contribution is -0.150. The van der Waals surface area contributed by atoms with E-state index in [4.69, 9.17) is 4.74 Å². The van der Waals surface area contributed by atoms with E-state index in [1.54, 1.807) is 12.1 Å². The van der Waals surface area contributed by atoms with Crippen molar-refractivity contribution in [3.05, 3.63) is 65.7 Å². The third kappa shape index (κ3) is 13.8. The molecule has 0 aromatic heterocycles. The molecule has 46 heavy (non-hydrogen) atoms. The normalized spacial score (nSPS) is 14.3. The monoisotopic (exact) mass is 633 g/mol. The van der Waals surface area contributed by atoms with Crippen LogP contribution in [0.2, 0.25) is 0 Å². The second kappa shape index (κ2) is 21.2. The standard InChI is InChI=1S/C38H55N3O5/c1-3-5-27-46-38(45)33(15-10-11-18-36(43)41-25-12-7-13-26-41)28-32(24-23-31-21-19-30(14-4-2)20-22-31)37(44)39-29-35(42)40-34-16-8-6-9-17-34/h6,8-9,16-17,19-22,32-33H,3-5,7,10-15,18,23-29H2,1-2H3,(H,39,44)(H,40,42)/t32-,33?/m1/s1. The van der Waals surface area contributed by atoms with E-state index in [1.165, 1.54) is 12.0 Å². The number of likely N-dealkylation sites (tertiary alicyclic amines) is 1. The van der Waals surface area contributed by atoms with Gasteiger partial charge < -0.3 is 20.3 Å². The Hall–Kier alpha value is -3.68. The maximum absolute atomic E-state index is 13.6. The SMILES string of the molecule is CCCCOC(=O)C(CCCCC(=O)N1CCCCC1)C[C@@H](CCc1ccc(CCC)cc1)C(=O)NCC(=O)Nc1ccccc1. The van der Waals surface area contributed by atoms with Crippen LogP contribution < -0.4 is 10.6 Å². The van der Waals surface area contributed by atoms with Gasteiger partial charge in [-0.15, -0.1) is 0 Å². The number of amides is 3. The first-order valence-electron chi connectivity index (χ1n) is 17.5. The van der Waals surface area contributed by atoms with Crippen molar-refractivity contribution in [2.75, 3.05) is 31.6 Å². The number of nitrogens with one attached hydrogen (secondary N) is 2. The number of carbonyl (C=O) groups is 4. The third-order valence-corrected chi connectivity index (χ3v) is 8.74. The number of ether oxygens (including phenoxy) is 1. The summed E-state index contributed by atoms with van der Waals surface area (Å²) in [5, 5.41) is 5.63. The Morgan fingerprint density at radius 2 is 1.48 bits per heavy atom. The molecule has 2 aromatic rings. The van der Waals surface area contributed by atoms with Crippen LogP contribution >= 0.6 is 0 Å². The average molecular weight is 634 g/mol. The van der Waals surface area contributed by atoms with Crippen LogP contribution in [0, 0.1) is 11.8 Å². The Balaban J connectivity index is 1.65. The minimum absolute atomic E-state index is 0.153. The van der Waals surface area contributed by atoms with E-state index in [9.17, 15) is 19.2 Å². The molecular weight excluding hydrogens is 578 g/mol. The lowest BCUT2D eigenvalue weighted by Gasteiger charge is -2.27. The van der Waals surface area contributed by atoms with Gasteiger partial charge in [0.1, 0.15) is 0 Å². The fraction of sp³-hybridized carbons (Fsp3) is 0.579. The molecule has 2 aromatic carbocycles. The van der Waals surface area contributed by atoms with Crippen LogP contribution in [0.3, 0.4) is 0 Å². The van der Waals surface area contributed by atoms with Crippen molar-refractivity contribution in [2.45, 2.75) is 104 Å². The summed E-state index contributed by atoms with van der Waals surface area (Å²) in [7, 11) is 0. The molecule has 0 radical (unpaired) electrons. The molecule has 8 nitrogen and oxygen atoms in total. The van der Waals surface area contributed by atoms with Crippen molar-refractivity contribution in [3.8, 4) is 0 Å². The number of hydrogen-bond acceptors (Lipinski definition) is 5. The quantitative estimate of drug-likeness (QED) is 0.122. The van der Waals surface area contributed by atoms with Crippen LogP contribution in [-0.4, -0.2) is 54.8 Å². The number of esters is 1. The second-order valence-corrected chi connectivity index (χ2v) is 12.6. The zero-order chi connectivity index (χ0) is 33.0.